The topological polar surface area (TPSA) is 90.8 Å². The Morgan fingerprint density at radius 1 is 1.33 bits per heavy atom. The lowest BCUT2D eigenvalue weighted by atomic mass is 10.1. The van der Waals surface area contributed by atoms with Gasteiger partial charge in [-0.1, -0.05) is 6.07 Å². The zero-order chi connectivity index (χ0) is 17.3. The van der Waals surface area contributed by atoms with Crippen molar-refractivity contribution in [2.45, 2.75) is 20.4 Å². The van der Waals surface area contributed by atoms with E-state index in [1.165, 1.54) is 4.68 Å². The van der Waals surface area contributed by atoms with Crippen molar-refractivity contribution < 1.29 is 4.92 Å². The van der Waals surface area contributed by atoms with Crippen molar-refractivity contribution in [3.63, 3.8) is 0 Å². The largest absolute Gasteiger partial charge is 0.360 e. The zero-order valence-electron chi connectivity index (χ0n) is 13.7. The smallest absolute Gasteiger partial charge is 0.333 e. The fraction of sp³-hybridized carbons (Fsp3) is 0.250. The Morgan fingerprint density at radius 2 is 2.12 bits per heavy atom. The standard InChI is InChI=1S/C16H18N6O2/c1-11-9-14(21-8-4-7-18-21)6-5-13(11)10-17-16-15(22(23)24)12(2)19-20(16)3/h4-9,17H,10H2,1-3H3. The Balaban J connectivity index is 1.82. The average Bonchev–Trinajstić information content (AvgIpc) is 3.14. The number of nitro groups is 1. The second-order valence-electron chi connectivity index (χ2n) is 5.58. The molecule has 2 heterocycles. The van der Waals surface area contributed by atoms with Crippen LogP contribution in [0.5, 0.6) is 0 Å². The third-order valence-electron chi connectivity index (χ3n) is 3.91. The highest BCUT2D eigenvalue weighted by atomic mass is 16.6. The summed E-state index contributed by atoms with van der Waals surface area (Å²) in [5.74, 6) is 0.410. The summed E-state index contributed by atoms with van der Waals surface area (Å²) in [6, 6.07) is 7.87. The van der Waals surface area contributed by atoms with Crippen LogP contribution in [0.25, 0.3) is 5.69 Å². The summed E-state index contributed by atoms with van der Waals surface area (Å²) in [7, 11) is 1.69. The Labute approximate surface area is 138 Å². The maximum absolute atomic E-state index is 11.2. The fourth-order valence-electron chi connectivity index (χ4n) is 2.69. The molecule has 0 aliphatic rings. The van der Waals surface area contributed by atoms with Crippen LogP contribution in [0.3, 0.4) is 0 Å². The maximum atomic E-state index is 11.2. The Hall–Kier alpha value is -3.16. The number of nitrogens with zero attached hydrogens (tertiary/aromatic N) is 5. The predicted octanol–water partition coefficient (Wildman–Crippen LogP) is 2.74. The number of hydrogen-bond acceptors (Lipinski definition) is 5. The van der Waals surface area contributed by atoms with Crippen LogP contribution < -0.4 is 5.32 Å². The number of anilines is 1. The van der Waals surface area contributed by atoms with E-state index in [4.69, 9.17) is 0 Å². The van der Waals surface area contributed by atoms with Crippen molar-refractivity contribution in [1.82, 2.24) is 19.6 Å². The highest BCUT2D eigenvalue weighted by Crippen LogP contribution is 2.28. The van der Waals surface area contributed by atoms with Gasteiger partial charge in [-0.25, -0.2) is 9.36 Å². The van der Waals surface area contributed by atoms with Crippen LogP contribution in [-0.4, -0.2) is 24.5 Å². The fourth-order valence-corrected chi connectivity index (χ4v) is 2.69. The summed E-state index contributed by atoms with van der Waals surface area (Å²) >= 11 is 0. The number of nitrogens with one attached hydrogen (secondary N) is 1. The van der Waals surface area contributed by atoms with E-state index in [0.717, 1.165) is 16.8 Å². The summed E-state index contributed by atoms with van der Waals surface area (Å²) in [4.78, 5) is 10.8. The van der Waals surface area contributed by atoms with Gasteiger partial charge in [-0.3, -0.25) is 10.1 Å². The molecule has 8 heteroatoms. The third-order valence-corrected chi connectivity index (χ3v) is 3.91. The number of hydrogen-bond donors (Lipinski definition) is 1. The number of benzene rings is 1. The SMILES string of the molecule is Cc1cc(-n2cccn2)ccc1CNc1c([N+](=O)[O-])c(C)nn1C. The van der Waals surface area contributed by atoms with Gasteiger partial charge in [-0.15, -0.1) is 0 Å². The van der Waals surface area contributed by atoms with Crippen molar-refractivity contribution in [3.8, 4) is 5.69 Å². The lowest BCUT2D eigenvalue weighted by Crippen LogP contribution is -2.08. The molecule has 0 unspecified atom stereocenters. The van der Waals surface area contributed by atoms with Crippen molar-refractivity contribution in [2.24, 2.45) is 7.05 Å². The van der Waals surface area contributed by atoms with E-state index in [1.54, 1.807) is 24.9 Å². The van der Waals surface area contributed by atoms with Crippen molar-refractivity contribution >= 4 is 11.5 Å². The third kappa shape index (κ3) is 2.85. The van der Waals surface area contributed by atoms with Crippen LogP contribution in [0.15, 0.2) is 36.7 Å². The minimum Gasteiger partial charge on any atom is -0.360 e. The van der Waals surface area contributed by atoms with Gasteiger partial charge in [-0.2, -0.15) is 10.2 Å². The average molecular weight is 326 g/mol. The highest BCUT2D eigenvalue weighted by molar-refractivity contribution is 5.59. The zero-order valence-corrected chi connectivity index (χ0v) is 13.7. The van der Waals surface area contributed by atoms with Gasteiger partial charge in [0, 0.05) is 26.0 Å². The van der Waals surface area contributed by atoms with E-state index >= 15 is 0 Å². The van der Waals surface area contributed by atoms with E-state index in [1.807, 2.05) is 37.4 Å². The molecule has 8 nitrogen and oxygen atoms in total. The minimum atomic E-state index is -0.404. The normalized spacial score (nSPS) is 10.8. The van der Waals surface area contributed by atoms with Crippen LogP contribution in [0.2, 0.25) is 0 Å². The van der Waals surface area contributed by atoms with Crippen LogP contribution in [-0.2, 0) is 13.6 Å². The molecule has 0 atom stereocenters. The molecule has 2 aromatic heterocycles. The second-order valence-corrected chi connectivity index (χ2v) is 5.58. The lowest BCUT2D eigenvalue weighted by molar-refractivity contribution is -0.384. The first-order valence-electron chi connectivity index (χ1n) is 7.48. The molecule has 24 heavy (non-hydrogen) atoms. The van der Waals surface area contributed by atoms with Gasteiger partial charge >= 0.3 is 5.69 Å². The number of aryl methyl sites for hydroxylation is 3. The Bertz CT molecular complexity index is 882. The molecule has 0 aliphatic carbocycles. The van der Waals surface area contributed by atoms with Gasteiger partial charge in [0.2, 0.25) is 5.82 Å². The second kappa shape index (κ2) is 6.15. The van der Waals surface area contributed by atoms with Crippen molar-refractivity contribution in [3.05, 3.63) is 63.6 Å². The Kier molecular flexibility index (Phi) is 4.03. The quantitative estimate of drug-likeness (QED) is 0.575. The monoisotopic (exact) mass is 326 g/mol. The van der Waals surface area contributed by atoms with Crippen LogP contribution in [0.4, 0.5) is 11.5 Å². The molecule has 124 valence electrons. The molecule has 3 rings (SSSR count). The predicted molar refractivity (Wildman–Crippen MR) is 90.2 cm³/mol. The van der Waals surface area contributed by atoms with Gasteiger partial charge in [0.05, 0.1) is 10.6 Å². The van der Waals surface area contributed by atoms with Crippen LogP contribution in [0.1, 0.15) is 16.8 Å². The van der Waals surface area contributed by atoms with Crippen molar-refractivity contribution in [1.29, 1.82) is 0 Å². The molecule has 0 spiro atoms. The minimum absolute atomic E-state index is 0.0170. The van der Waals surface area contributed by atoms with E-state index in [0.29, 0.717) is 18.1 Å². The van der Waals surface area contributed by atoms with Gasteiger partial charge < -0.3 is 5.32 Å². The van der Waals surface area contributed by atoms with Crippen LogP contribution in [0, 0.1) is 24.0 Å². The van der Waals surface area contributed by atoms with E-state index in [9.17, 15) is 10.1 Å². The first-order chi connectivity index (χ1) is 11.5. The molecule has 0 saturated heterocycles. The van der Waals surface area contributed by atoms with E-state index in [2.05, 4.69) is 15.5 Å². The summed E-state index contributed by atoms with van der Waals surface area (Å²) < 4.78 is 3.29. The molecule has 0 aliphatic heterocycles. The molecular formula is C16H18N6O2. The molecular weight excluding hydrogens is 308 g/mol. The summed E-state index contributed by atoms with van der Waals surface area (Å²) in [5, 5.41) is 22.7. The molecule has 0 radical (unpaired) electrons. The van der Waals surface area contributed by atoms with E-state index < -0.39 is 4.92 Å². The van der Waals surface area contributed by atoms with Gasteiger partial charge in [0.1, 0.15) is 5.69 Å². The summed E-state index contributed by atoms with van der Waals surface area (Å²) in [6.07, 6.45) is 3.61. The molecule has 0 saturated carbocycles. The molecule has 1 aromatic carbocycles. The maximum Gasteiger partial charge on any atom is 0.333 e. The van der Waals surface area contributed by atoms with Gasteiger partial charge in [-0.05, 0) is 43.2 Å². The first kappa shape index (κ1) is 15.7. The van der Waals surface area contributed by atoms with E-state index in [-0.39, 0.29) is 5.69 Å². The van der Waals surface area contributed by atoms with Gasteiger partial charge in [0.15, 0.2) is 0 Å². The lowest BCUT2D eigenvalue weighted by Gasteiger charge is -2.11. The van der Waals surface area contributed by atoms with Gasteiger partial charge in [0.25, 0.3) is 0 Å². The molecule has 0 bridgehead atoms. The summed E-state index contributed by atoms with van der Waals surface area (Å²) in [5.41, 5.74) is 3.53. The first-order valence-corrected chi connectivity index (χ1v) is 7.48. The molecule has 0 amide bonds. The Morgan fingerprint density at radius 3 is 2.75 bits per heavy atom. The highest BCUT2D eigenvalue weighted by Gasteiger charge is 2.23. The summed E-state index contributed by atoms with van der Waals surface area (Å²) in [6.45, 7) is 4.12. The molecule has 0 fully saturated rings. The van der Waals surface area contributed by atoms with Crippen molar-refractivity contribution in [2.75, 3.05) is 5.32 Å². The van der Waals surface area contributed by atoms with Crippen LogP contribution >= 0.6 is 0 Å². The molecule has 3 aromatic rings. The molecule has 1 N–H and O–H groups in total. The number of aromatic nitrogens is 4. The number of rotatable bonds is 5.